The zero-order chi connectivity index (χ0) is 22.8. The van der Waals surface area contributed by atoms with Gasteiger partial charge >= 0.3 is 0 Å². The van der Waals surface area contributed by atoms with E-state index in [1.165, 1.54) is 0 Å². The van der Waals surface area contributed by atoms with Crippen molar-refractivity contribution in [2.45, 2.75) is 12.8 Å². The fourth-order valence-corrected chi connectivity index (χ4v) is 4.38. The molecule has 5 rings (SSSR count). The molecule has 1 aliphatic rings. The van der Waals surface area contributed by atoms with Gasteiger partial charge in [-0.15, -0.1) is 0 Å². The van der Waals surface area contributed by atoms with E-state index in [0.29, 0.717) is 28.0 Å². The van der Waals surface area contributed by atoms with Crippen molar-refractivity contribution in [1.82, 2.24) is 0 Å². The van der Waals surface area contributed by atoms with Crippen LogP contribution >= 0.6 is 23.2 Å². The topological polar surface area (TPSA) is 41.6 Å². The largest absolute Gasteiger partial charge is 0.489 e. The van der Waals surface area contributed by atoms with Crippen LogP contribution in [-0.2, 0) is 6.61 Å². The molecule has 0 aromatic heterocycles. The molecule has 0 fully saturated rings. The maximum Gasteiger partial charge on any atom is 0.262 e. The van der Waals surface area contributed by atoms with Gasteiger partial charge in [0, 0.05) is 27.0 Å². The van der Waals surface area contributed by atoms with E-state index in [1.54, 1.807) is 17.0 Å². The monoisotopic (exact) mass is 474 g/mol. The van der Waals surface area contributed by atoms with Crippen molar-refractivity contribution in [3.63, 3.8) is 0 Å². The number of para-hydroxylation sites is 2. The average Bonchev–Trinajstić information content (AvgIpc) is 2.84. The van der Waals surface area contributed by atoms with Gasteiger partial charge in [0.15, 0.2) is 0 Å². The molecule has 0 saturated heterocycles. The summed E-state index contributed by atoms with van der Waals surface area (Å²) in [5, 5.41) is 4.67. The lowest BCUT2D eigenvalue weighted by molar-refractivity contribution is 0.0975. The Balaban J connectivity index is 1.47. The highest BCUT2D eigenvalue weighted by molar-refractivity contribution is 6.35. The van der Waals surface area contributed by atoms with E-state index < -0.39 is 6.17 Å². The van der Waals surface area contributed by atoms with Gasteiger partial charge in [-0.25, -0.2) is 0 Å². The van der Waals surface area contributed by atoms with Crippen molar-refractivity contribution in [2.75, 3.05) is 10.2 Å². The maximum atomic E-state index is 13.5. The Morgan fingerprint density at radius 1 is 0.848 bits per heavy atom. The molecule has 1 N–H and O–H groups in total. The summed E-state index contributed by atoms with van der Waals surface area (Å²) in [7, 11) is 0. The Morgan fingerprint density at radius 2 is 1.64 bits per heavy atom. The van der Waals surface area contributed by atoms with Gasteiger partial charge in [0.25, 0.3) is 5.91 Å². The molecule has 0 unspecified atom stereocenters. The minimum absolute atomic E-state index is 0.0557. The molecule has 1 aliphatic heterocycles. The smallest absolute Gasteiger partial charge is 0.262 e. The van der Waals surface area contributed by atoms with Gasteiger partial charge in [0.2, 0.25) is 0 Å². The first-order chi connectivity index (χ1) is 16.1. The van der Waals surface area contributed by atoms with Gasteiger partial charge in [-0.1, -0.05) is 71.7 Å². The SMILES string of the molecule is O=C1c2ccccc2N[C@@H](c2cccc(OCc3ccc(Cl)cc3Cl)c2)N1c1ccccc1. The Hall–Kier alpha value is -3.47. The number of anilines is 2. The molecule has 4 aromatic carbocycles. The van der Waals surface area contributed by atoms with Gasteiger partial charge < -0.3 is 10.1 Å². The number of hydrogen-bond donors (Lipinski definition) is 1. The molecule has 0 saturated carbocycles. The molecule has 0 bridgehead atoms. The Kier molecular flexibility index (Phi) is 5.95. The lowest BCUT2D eigenvalue weighted by atomic mass is 10.0. The average molecular weight is 475 g/mol. The molecule has 1 amide bonds. The summed E-state index contributed by atoms with van der Waals surface area (Å²) in [6.45, 7) is 0.307. The standard InChI is InChI=1S/C27H20Cl2N2O2/c28-20-14-13-19(24(29)16-20)17-33-22-10-6-7-18(15-22)26-30-25-12-5-4-11-23(25)27(32)31(26)21-8-2-1-3-9-21/h1-16,26,30H,17H2/t26-/m1/s1. The van der Waals surface area contributed by atoms with E-state index in [-0.39, 0.29) is 5.91 Å². The molecule has 1 heterocycles. The highest BCUT2D eigenvalue weighted by atomic mass is 35.5. The van der Waals surface area contributed by atoms with Crippen molar-refractivity contribution >= 4 is 40.5 Å². The van der Waals surface area contributed by atoms with Crippen molar-refractivity contribution < 1.29 is 9.53 Å². The van der Waals surface area contributed by atoms with E-state index in [1.807, 2.05) is 84.9 Å². The van der Waals surface area contributed by atoms with Crippen LogP contribution in [0.1, 0.15) is 27.7 Å². The normalized spacial score (nSPS) is 15.0. The fraction of sp³-hybridized carbons (Fsp3) is 0.0741. The van der Waals surface area contributed by atoms with Crippen LogP contribution in [0.4, 0.5) is 11.4 Å². The summed E-state index contributed by atoms with van der Waals surface area (Å²) in [6.07, 6.45) is -0.391. The highest BCUT2D eigenvalue weighted by Crippen LogP contribution is 2.37. The third-order valence-corrected chi connectivity index (χ3v) is 6.13. The van der Waals surface area contributed by atoms with Crippen molar-refractivity contribution in [3.8, 4) is 5.75 Å². The Morgan fingerprint density at radius 3 is 2.45 bits per heavy atom. The van der Waals surface area contributed by atoms with Crippen LogP contribution in [0.2, 0.25) is 10.0 Å². The molecule has 33 heavy (non-hydrogen) atoms. The van der Waals surface area contributed by atoms with Gasteiger partial charge in [-0.3, -0.25) is 9.69 Å². The number of rotatable bonds is 5. The summed E-state index contributed by atoms with van der Waals surface area (Å²) in [5.41, 5.74) is 4.01. The van der Waals surface area contributed by atoms with Crippen LogP contribution in [0, 0.1) is 0 Å². The second-order valence-electron chi connectivity index (χ2n) is 7.70. The predicted molar refractivity (Wildman–Crippen MR) is 133 cm³/mol. The predicted octanol–water partition coefficient (Wildman–Crippen LogP) is 7.34. The van der Waals surface area contributed by atoms with Gasteiger partial charge in [0.1, 0.15) is 18.5 Å². The van der Waals surface area contributed by atoms with E-state index >= 15 is 0 Å². The first kappa shape index (κ1) is 21.4. The summed E-state index contributed by atoms with van der Waals surface area (Å²) >= 11 is 12.3. The number of fused-ring (bicyclic) bond motifs is 1. The molecular formula is C27H20Cl2N2O2. The second-order valence-corrected chi connectivity index (χ2v) is 8.54. The second kappa shape index (κ2) is 9.18. The number of ether oxygens (including phenoxy) is 1. The van der Waals surface area contributed by atoms with Crippen LogP contribution in [0.15, 0.2) is 97.1 Å². The van der Waals surface area contributed by atoms with E-state index in [4.69, 9.17) is 27.9 Å². The zero-order valence-electron chi connectivity index (χ0n) is 17.5. The van der Waals surface area contributed by atoms with E-state index in [9.17, 15) is 4.79 Å². The summed E-state index contributed by atoms with van der Waals surface area (Å²) in [6, 6.07) is 30.3. The third kappa shape index (κ3) is 4.40. The van der Waals surface area contributed by atoms with Crippen LogP contribution in [0.5, 0.6) is 5.75 Å². The molecular weight excluding hydrogens is 455 g/mol. The number of nitrogens with zero attached hydrogens (tertiary/aromatic N) is 1. The van der Waals surface area contributed by atoms with Crippen molar-refractivity contribution in [1.29, 1.82) is 0 Å². The number of carbonyl (C=O) groups excluding carboxylic acids is 1. The molecule has 6 heteroatoms. The number of benzene rings is 4. The first-order valence-electron chi connectivity index (χ1n) is 10.5. The zero-order valence-corrected chi connectivity index (χ0v) is 19.1. The summed E-state index contributed by atoms with van der Waals surface area (Å²) in [4.78, 5) is 15.3. The van der Waals surface area contributed by atoms with Crippen molar-refractivity contribution in [2.24, 2.45) is 0 Å². The number of hydrogen-bond acceptors (Lipinski definition) is 3. The molecule has 1 atom stereocenters. The number of carbonyl (C=O) groups is 1. The molecule has 0 spiro atoms. The Labute approximate surface area is 202 Å². The summed E-state index contributed by atoms with van der Waals surface area (Å²) in [5.74, 6) is 0.624. The minimum atomic E-state index is -0.391. The van der Waals surface area contributed by atoms with E-state index in [2.05, 4.69) is 5.32 Å². The molecule has 0 radical (unpaired) electrons. The lowest BCUT2D eigenvalue weighted by Crippen LogP contribution is -2.43. The minimum Gasteiger partial charge on any atom is -0.489 e. The first-order valence-corrected chi connectivity index (χ1v) is 11.3. The van der Waals surface area contributed by atoms with Gasteiger partial charge in [-0.2, -0.15) is 0 Å². The molecule has 0 aliphatic carbocycles. The quantitative estimate of drug-likeness (QED) is 0.328. The van der Waals surface area contributed by atoms with Crippen LogP contribution in [0.25, 0.3) is 0 Å². The van der Waals surface area contributed by atoms with Gasteiger partial charge in [-0.05, 0) is 54.1 Å². The van der Waals surface area contributed by atoms with Crippen molar-refractivity contribution in [3.05, 3.63) is 124 Å². The van der Waals surface area contributed by atoms with Crippen LogP contribution < -0.4 is 15.0 Å². The maximum absolute atomic E-state index is 13.5. The third-order valence-electron chi connectivity index (χ3n) is 5.54. The summed E-state index contributed by atoms with van der Waals surface area (Å²) < 4.78 is 6.02. The fourth-order valence-electron chi connectivity index (χ4n) is 3.92. The Bertz CT molecular complexity index is 1310. The highest BCUT2D eigenvalue weighted by Gasteiger charge is 2.34. The molecule has 4 nitrogen and oxygen atoms in total. The number of halogens is 2. The lowest BCUT2D eigenvalue weighted by Gasteiger charge is -2.38. The molecule has 4 aromatic rings. The number of nitrogens with one attached hydrogen (secondary N) is 1. The van der Waals surface area contributed by atoms with Gasteiger partial charge in [0.05, 0.1) is 5.56 Å². The molecule has 164 valence electrons. The van der Waals surface area contributed by atoms with Crippen LogP contribution in [-0.4, -0.2) is 5.91 Å². The van der Waals surface area contributed by atoms with E-state index in [0.717, 1.165) is 22.5 Å². The number of amides is 1. The van der Waals surface area contributed by atoms with Crippen LogP contribution in [0.3, 0.4) is 0 Å².